The number of anilines is 2. The lowest BCUT2D eigenvalue weighted by molar-refractivity contribution is -0.110. The Morgan fingerprint density at radius 1 is 1.10 bits per heavy atom. The monoisotopic (exact) mass is 404 g/mol. The van der Waals surface area contributed by atoms with Crippen molar-refractivity contribution in [1.29, 1.82) is 0 Å². The molecule has 0 spiro atoms. The molecule has 0 fully saturated rings. The predicted octanol–water partition coefficient (Wildman–Crippen LogP) is 5.92. The van der Waals surface area contributed by atoms with Crippen molar-refractivity contribution in [3.8, 4) is 0 Å². The molecule has 0 saturated heterocycles. The molecule has 146 valence electrons. The van der Waals surface area contributed by atoms with E-state index in [1.54, 1.807) is 6.07 Å². The number of rotatable bonds is 4. The molecule has 1 aliphatic carbocycles. The first-order valence-corrected chi connectivity index (χ1v) is 10.3. The molecule has 3 aromatic rings. The molecule has 5 rings (SSSR count). The lowest BCUT2D eigenvalue weighted by Gasteiger charge is -2.12. The summed E-state index contributed by atoms with van der Waals surface area (Å²) in [5.74, 6) is 1.69. The van der Waals surface area contributed by atoms with Crippen molar-refractivity contribution in [3.63, 3.8) is 0 Å². The third kappa shape index (κ3) is 3.45. The van der Waals surface area contributed by atoms with Gasteiger partial charge in [0, 0.05) is 40.5 Å². The number of aryl methyl sites for hydroxylation is 1. The van der Waals surface area contributed by atoms with Crippen LogP contribution in [0.1, 0.15) is 41.1 Å². The molecular formula is C24H21ClN2O2. The first kappa shape index (κ1) is 18.1. The topological polar surface area (TPSA) is 54.3 Å². The highest BCUT2D eigenvalue weighted by atomic mass is 35.5. The van der Waals surface area contributed by atoms with Crippen LogP contribution in [-0.4, -0.2) is 5.91 Å². The smallest absolute Gasteiger partial charge is 0.256 e. The highest BCUT2D eigenvalue weighted by Crippen LogP contribution is 2.37. The Hall–Kier alpha value is -2.98. The molecule has 0 bridgehead atoms. The van der Waals surface area contributed by atoms with Crippen LogP contribution in [0.25, 0.3) is 11.6 Å². The Morgan fingerprint density at radius 2 is 1.93 bits per heavy atom. The third-order valence-electron chi connectivity index (χ3n) is 5.60. The summed E-state index contributed by atoms with van der Waals surface area (Å²) in [7, 11) is 0. The number of fused-ring (bicyclic) bond motifs is 2. The summed E-state index contributed by atoms with van der Waals surface area (Å²) >= 11 is 6.17. The second-order valence-electron chi connectivity index (χ2n) is 7.48. The van der Waals surface area contributed by atoms with Crippen LogP contribution < -0.4 is 10.6 Å². The van der Waals surface area contributed by atoms with Crippen LogP contribution in [-0.2, 0) is 24.2 Å². The summed E-state index contributed by atoms with van der Waals surface area (Å²) in [6, 6.07) is 15.6. The molecule has 2 aromatic carbocycles. The number of para-hydroxylation sites is 1. The number of hydrogen-bond acceptors (Lipinski definition) is 3. The largest absolute Gasteiger partial charge is 0.461 e. The number of halogens is 1. The van der Waals surface area contributed by atoms with Crippen LogP contribution >= 0.6 is 11.6 Å². The van der Waals surface area contributed by atoms with E-state index in [1.807, 2.05) is 48.5 Å². The van der Waals surface area contributed by atoms with E-state index >= 15 is 0 Å². The Kier molecular flexibility index (Phi) is 4.64. The van der Waals surface area contributed by atoms with Crippen LogP contribution in [0.3, 0.4) is 0 Å². The number of nitrogens with one attached hydrogen (secondary N) is 2. The van der Waals surface area contributed by atoms with Crippen molar-refractivity contribution in [3.05, 3.63) is 81.8 Å². The first-order valence-electron chi connectivity index (χ1n) is 9.94. The number of amides is 1. The van der Waals surface area contributed by atoms with E-state index < -0.39 is 0 Å². The lowest BCUT2D eigenvalue weighted by Crippen LogP contribution is -2.06. The van der Waals surface area contributed by atoms with Gasteiger partial charge in [-0.1, -0.05) is 29.8 Å². The Morgan fingerprint density at radius 3 is 2.79 bits per heavy atom. The van der Waals surface area contributed by atoms with Gasteiger partial charge in [-0.2, -0.15) is 0 Å². The molecule has 2 aliphatic rings. The van der Waals surface area contributed by atoms with Crippen LogP contribution in [0.4, 0.5) is 11.4 Å². The van der Waals surface area contributed by atoms with Gasteiger partial charge in [0.15, 0.2) is 0 Å². The van der Waals surface area contributed by atoms with Gasteiger partial charge in [-0.3, -0.25) is 4.79 Å². The molecule has 4 nitrogen and oxygen atoms in total. The summed E-state index contributed by atoms with van der Waals surface area (Å²) in [4.78, 5) is 12.6. The van der Waals surface area contributed by atoms with E-state index in [0.29, 0.717) is 17.1 Å². The van der Waals surface area contributed by atoms with E-state index in [9.17, 15) is 4.79 Å². The van der Waals surface area contributed by atoms with Crippen LogP contribution in [0.5, 0.6) is 0 Å². The SMILES string of the molecule is O=C1Nc2ccc(Cl)cc2C1=Cc1oc2c(c1CNc1ccccc1)CCCC2. The van der Waals surface area contributed by atoms with Gasteiger partial charge in [0.05, 0.1) is 5.57 Å². The Balaban J connectivity index is 1.55. The highest BCUT2D eigenvalue weighted by molar-refractivity contribution is 6.36. The highest BCUT2D eigenvalue weighted by Gasteiger charge is 2.27. The van der Waals surface area contributed by atoms with E-state index in [2.05, 4.69) is 10.6 Å². The molecule has 29 heavy (non-hydrogen) atoms. The first-order chi connectivity index (χ1) is 14.2. The predicted molar refractivity (Wildman–Crippen MR) is 117 cm³/mol. The zero-order valence-electron chi connectivity index (χ0n) is 15.9. The van der Waals surface area contributed by atoms with E-state index in [0.717, 1.165) is 53.3 Å². The maximum Gasteiger partial charge on any atom is 0.256 e. The van der Waals surface area contributed by atoms with Crippen molar-refractivity contribution < 1.29 is 9.21 Å². The Bertz CT molecular complexity index is 1120. The fourth-order valence-electron chi connectivity index (χ4n) is 4.14. The molecule has 2 N–H and O–H groups in total. The fraction of sp³-hybridized carbons (Fsp3) is 0.208. The molecule has 5 heteroatoms. The van der Waals surface area contributed by atoms with Gasteiger partial charge < -0.3 is 15.1 Å². The van der Waals surface area contributed by atoms with Crippen LogP contribution in [0.2, 0.25) is 5.02 Å². The Labute approximate surface area is 174 Å². The maximum absolute atomic E-state index is 12.6. The minimum Gasteiger partial charge on any atom is -0.461 e. The molecule has 1 aliphatic heterocycles. The molecule has 2 heterocycles. The fourth-order valence-corrected chi connectivity index (χ4v) is 4.32. The van der Waals surface area contributed by atoms with E-state index in [1.165, 1.54) is 12.0 Å². The van der Waals surface area contributed by atoms with Gasteiger partial charge in [0.2, 0.25) is 0 Å². The number of furan rings is 1. The molecule has 0 radical (unpaired) electrons. The summed E-state index contributed by atoms with van der Waals surface area (Å²) < 4.78 is 6.25. The number of benzene rings is 2. The van der Waals surface area contributed by atoms with Crippen molar-refractivity contribution in [2.45, 2.75) is 32.2 Å². The van der Waals surface area contributed by atoms with Crippen molar-refractivity contribution >= 4 is 40.5 Å². The van der Waals surface area contributed by atoms with Crippen LogP contribution in [0, 0.1) is 0 Å². The number of hydrogen-bond donors (Lipinski definition) is 2. The van der Waals surface area contributed by atoms with Gasteiger partial charge in [0.1, 0.15) is 11.5 Å². The van der Waals surface area contributed by atoms with Gasteiger partial charge >= 0.3 is 0 Å². The number of carbonyl (C=O) groups is 1. The summed E-state index contributed by atoms with van der Waals surface area (Å²) in [5, 5.41) is 7.01. The third-order valence-corrected chi connectivity index (χ3v) is 5.83. The van der Waals surface area contributed by atoms with Crippen molar-refractivity contribution in [2.75, 3.05) is 10.6 Å². The van der Waals surface area contributed by atoms with Crippen molar-refractivity contribution in [1.82, 2.24) is 0 Å². The molecule has 0 atom stereocenters. The zero-order chi connectivity index (χ0) is 19.8. The second kappa shape index (κ2) is 7.45. The minimum atomic E-state index is -0.126. The average molecular weight is 405 g/mol. The zero-order valence-corrected chi connectivity index (χ0v) is 16.7. The van der Waals surface area contributed by atoms with Crippen LogP contribution in [0.15, 0.2) is 52.9 Å². The molecular weight excluding hydrogens is 384 g/mol. The molecule has 0 saturated carbocycles. The lowest BCUT2D eigenvalue weighted by atomic mass is 9.94. The van der Waals surface area contributed by atoms with Gasteiger partial charge in [-0.25, -0.2) is 0 Å². The summed E-state index contributed by atoms with van der Waals surface area (Å²) in [6.07, 6.45) is 6.15. The second-order valence-corrected chi connectivity index (χ2v) is 7.91. The minimum absolute atomic E-state index is 0.126. The standard InChI is InChI=1S/C24H21ClN2O2/c25-15-10-11-21-18(12-15)19(24(28)27-21)13-23-20(14-26-16-6-2-1-3-7-16)17-8-4-5-9-22(17)29-23/h1-3,6-7,10-13,26H,4-5,8-9,14H2,(H,27,28). The molecule has 0 unspecified atom stereocenters. The maximum atomic E-state index is 12.6. The van der Waals surface area contributed by atoms with Crippen molar-refractivity contribution in [2.24, 2.45) is 0 Å². The van der Waals surface area contributed by atoms with E-state index in [4.69, 9.17) is 16.0 Å². The number of carbonyl (C=O) groups excluding carboxylic acids is 1. The summed E-state index contributed by atoms with van der Waals surface area (Å²) in [5.41, 5.74) is 5.68. The van der Waals surface area contributed by atoms with Gasteiger partial charge in [-0.05, 0) is 61.2 Å². The van der Waals surface area contributed by atoms with Gasteiger partial charge in [0.25, 0.3) is 5.91 Å². The quantitative estimate of drug-likeness (QED) is 0.531. The average Bonchev–Trinajstić information content (AvgIpc) is 3.24. The van der Waals surface area contributed by atoms with E-state index in [-0.39, 0.29) is 5.91 Å². The summed E-state index contributed by atoms with van der Waals surface area (Å²) in [6.45, 7) is 0.659. The molecule has 1 aromatic heterocycles. The van der Waals surface area contributed by atoms with Gasteiger partial charge in [-0.15, -0.1) is 0 Å². The molecule has 1 amide bonds. The normalized spacial score (nSPS) is 16.4.